The molecule has 0 bridgehead atoms. The maximum atomic E-state index is 6.44. The van der Waals surface area contributed by atoms with Crippen LogP contribution in [0.3, 0.4) is 0 Å². The third kappa shape index (κ3) is 3.42. The fourth-order valence-electron chi connectivity index (χ4n) is 3.36. The molecule has 1 aromatic heterocycles. The number of nitrogens with one attached hydrogen (secondary N) is 1. The standard InChI is InChI=1S/C15H27ClN4O/c1-17-14(15(21-4)7-5-6-8-15)13-12(16)11-18-20(13)10-9-19(2)3/h11,14,17H,5-10H2,1-4H3. The topological polar surface area (TPSA) is 42.3 Å². The van der Waals surface area contributed by atoms with Gasteiger partial charge in [0.05, 0.1) is 35.1 Å². The van der Waals surface area contributed by atoms with Crippen LogP contribution in [0.15, 0.2) is 6.20 Å². The normalized spacial score (nSPS) is 19.3. The van der Waals surface area contributed by atoms with Gasteiger partial charge in [0.25, 0.3) is 0 Å². The van der Waals surface area contributed by atoms with Gasteiger partial charge in [0, 0.05) is 13.7 Å². The Morgan fingerprint density at radius 1 is 1.48 bits per heavy atom. The average molecular weight is 315 g/mol. The molecular formula is C15H27ClN4O. The van der Waals surface area contributed by atoms with Crippen LogP contribution in [0, 0.1) is 0 Å². The number of likely N-dealkylation sites (N-methyl/N-ethyl adjacent to an activating group) is 2. The first-order chi connectivity index (χ1) is 10.0. The predicted octanol–water partition coefficient (Wildman–Crippen LogP) is 2.32. The molecule has 1 aliphatic carbocycles. The van der Waals surface area contributed by atoms with Crippen molar-refractivity contribution in [1.82, 2.24) is 20.0 Å². The number of rotatable bonds is 7. The van der Waals surface area contributed by atoms with Crippen LogP contribution in [0.25, 0.3) is 0 Å². The molecule has 120 valence electrons. The van der Waals surface area contributed by atoms with Crippen LogP contribution < -0.4 is 5.32 Å². The van der Waals surface area contributed by atoms with E-state index >= 15 is 0 Å². The van der Waals surface area contributed by atoms with E-state index in [0.717, 1.165) is 36.6 Å². The van der Waals surface area contributed by atoms with Crippen LogP contribution >= 0.6 is 11.6 Å². The second kappa shape index (κ2) is 7.09. The van der Waals surface area contributed by atoms with E-state index in [1.165, 1.54) is 12.8 Å². The molecular weight excluding hydrogens is 288 g/mol. The van der Waals surface area contributed by atoms with Crippen LogP contribution in [-0.2, 0) is 11.3 Å². The molecule has 0 saturated heterocycles. The number of ether oxygens (including phenoxy) is 1. The zero-order valence-electron chi connectivity index (χ0n) is 13.5. The highest BCUT2D eigenvalue weighted by Gasteiger charge is 2.44. The van der Waals surface area contributed by atoms with Crippen molar-refractivity contribution in [3.63, 3.8) is 0 Å². The lowest BCUT2D eigenvalue weighted by Gasteiger charge is -2.36. The first-order valence-electron chi connectivity index (χ1n) is 7.62. The fourth-order valence-corrected chi connectivity index (χ4v) is 3.62. The second-order valence-corrected chi connectivity index (χ2v) is 6.51. The van der Waals surface area contributed by atoms with Crippen LogP contribution in [0.4, 0.5) is 0 Å². The minimum Gasteiger partial charge on any atom is -0.376 e. The Balaban J connectivity index is 2.31. The highest BCUT2D eigenvalue weighted by Crippen LogP contribution is 2.43. The molecule has 0 aromatic carbocycles. The maximum absolute atomic E-state index is 6.44. The second-order valence-electron chi connectivity index (χ2n) is 6.10. The van der Waals surface area contributed by atoms with Crippen LogP contribution in [0.5, 0.6) is 0 Å². The summed E-state index contributed by atoms with van der Waals surface area (Å²) in [4.78, 5) is 2.15. The van der Waals surface area contributed by atoms with Gasteiger partial charge in [-0.1, -0.05) is 24.4 Å². The summed E-state index contributed by atoms with van der Waals surface area (Å²) in [6.45, 7) is 1.76. The largest absolute Gasteiger partial charge is 0.376 e. The Morgan fingerprint density at radius 3 is 2.67 bits per heavy atom. The summed E-state index contributed by atoms with van der Waals surface area (Å²) in [7, 11) is 7.91. The molecule has 6 heteroatoms. The number of halogens is 1. The van der Waals surface area contributed by atoms with E-state index in [1.807, 2.05) is 18.8 Å². The van der Waals surface area contributed by atoms with Gasteiger partial charge in [-0.25, -0.2) is 0 Å². The van der Waals surface area contributed by atoms with Crippen LogP contribution in [0.2, 0.25) is 5.02 Å². The molecule has 1 aromatic rings. The van der Waals surface area contributed by atoms with E-state index in [-0.39, 0.29) is 11.6 Å². The maximum Gasteiger partial charge on any atom is 0.0888 e. The summed E-state index contributed by atoms with van der Waals surface area (Å²) < 4.78 is 7.95. The zero-order chi connectivity index (χ0) is 15.5. The van der Waals surface area contributed by atoms with E-state index in [0.29, 0.717) is 0 Å². The van der Waals surface area contributed by atoms with Gasteiger partial charge in [0.15, 0.2) is 0 Å². The third-order valence-electron chi connectivity index (χ3n) is 4.54. The number of nitrogens with zero attached hydrogens (tertiary/aromatic N) is 3. The minimum absolute atomic E-state index is 0.0714. The Kier molecular flexibility index (Phi) is 5.66. The molecule has 1 saturated carbocycles. The molecule has 5 nitrogen and oxygen atoms in total. The molecule has 1 atom stereocenters. The van der Waals surface area contributed by atoms with Crippen molar-refractivity contribution in [1.29, 1.82) is 0 Å². The number of hydrogen-bond donors (Lipinski definition) is 1. The van der Waals surface area contributed by atoms with Crippen molar-refractivity contribution in [2.75, 3.05) is 34.8 Å². The molecule has 0 amide bonds. The van der Waals surface area contributed by atoms with Crippen molar-refractivity contribution < 1.29 is 4.74 Å². The summed E-state index contributed by atoms with van der Waals surface area (Å²) in [5.41, 5.74) is 0.874. The summed E-state index contributed by atoms with van der Waals surface area (Å²) in [6, 6.07) is 0.0714. The van der Waals surface area contributed by atoms with Crippen molar-refractivity contribution in [2.24, 2.45) is 0 Å². The Morgan fingerprint density at radius 2 is 2.14 bits per heavy atom. The first kappa shape index (κ1) is 16.7. The van der Waals surface area contributed by atoms with Gasteiger partial charge in [0.2, 0.25) is 0 Å². The average Bonchev–Trinajstić information content (AvgIpc) is 3.07. The Labute approximate surface area is 132 Å². The summed E-state index contributed by atoms with van der Waals surface area (Å²) in [5, 5.41) is 8.60. The van der Waals surface area contributed by atoms with Gasteiger partial charge in [-0.2, -0.15) is 5.10 Å². The number of methoxy groups -OCH3 is 1. The van der Waals surface area contributed by atoms with Crippen molar-refractivity contribution in [3.8, 4) is 0 Å². The van der Waals surface area contributed by atoms with Gasteiger partial charge in [-0.05, 0) is 34.0 Å². The lowest BCUT2D eigenvalue weighted by atomic mass is 9.89. The van der Waals surface area contributed by atoms with E-state index in [4.69, 9.17) is 16.3 Å². The summed E-state index contributed by atoms with van der Waals surface area (Å²) in [6.07, 6.45) is 6.27. The summed E-state index contributed by atoms with van der Waals surface area (Å²) >= 11 is 6.44. The molecule has 0 spiro atoms. The lowest BCUT2D eigenvalue weighted by Crippen LogP contribution is -2.43. The van der Waals surface area contributed by atoms with Gasteiger partial charge in [0.1, 0.15) is 0 Å². The highest BCUT2D eigenvalue weighted by atomic mass is 35.5. The van der Waals surface area contributed by atoms with Gasteiger partial charge in [-0.15, -0.1) is 0 Å². The van der Waals surface area contributed by atoms with Crippen molar-refractivity contribution in [2.45, 2.75) is 43.9 Å². The van der Waals surface area contributed by atoms with Crippen LogP contribution in [0.1, 0.15) is 37.4 Å². The lowest BCUT2D eigenvalue weighted by molar-refractivity contribution is -0.0371. The van der Waals surface area contributed by atoms with Gasteiger partial charge in [-0.3, -0.25) is 4.68 Å². The van der Waals surface area contributed by atoms with E-state index in [9.17, 15) is 0 Å². The molecule has 2 rings (SSSR count). The third-order valence-corrected chi connectivity index (χ3v) is 4.83. The fraction of sp³-hybridized carbons (Fsp3) is 0.800. The molecule has 1 aliphatic rings. The molecule has 1 heterocycles. The first-order valence-corrected chi connectivity index (χ1v) is 8.00. The molecule has 1 unspecified atom stereocenters. The van der Waals surface area contributed by atoms with Gasteiger partial charge >= 0.3 is 0 Å². The van der Waals surface area contributed by atoms with Crippen molar-refractivity contribution >= 4 is 11.6 Å². The predicted molar refractivity (Wildman–Crippen MR) is 85.8 cm³/mol. The summed E-state index contributed by atoms with van der Waals surface area (Å²) in [5.74, 6) is 0. The molecule has 0 radical (unpaired) electrons. The van der Waals surface area contributed by atoms with E-state index in [2.05, 4.69) is 29.4 Å². The van der Waals surface area contributed by atoms with Crippen LogP contribution in [-0.4, -0.2) is 55.1 Å². The Bertz CT molecular complexity index is 455. The van der Waals surface area contributed by atoms with E-state index in [1.54, 1.807) is 6.20 Å². The highest BCUT2D eigenvalue weighted by molar-refractivity contribution is 6.31. The van der Waals surface area contributed by atoms with E-state index < -0.39 is 0 Å². The number of hydrogen-bond acceptors (Lipinski definition) is 4. The minimum atomic E-state index is -0.172. The SMILES string of the molecule is CNC(c1c(Cl)cnn1CCN(C)C)C1(OC)CCCC1. The zero-order valence-corrected chi connectivity index (χ0v) is 14.3. The smallest absolute Gasteiger partial charge is 0.0888 e. The monoisotopic (exact) mass is 314 g/mol. The molecule has 1 fully saturated rings. The molecule has 1 N–H and O–H groups in total. The van der Waals surface area contributed by atoms with Gasteiger partial charge < -0.3 is 15.0 Å². The molecule has 0 aliphatic heterocycles. The quantitative estimate of drug-likeness (QED) is 0.838. The van der Waals surface area contributed by atoms with Crippen molar-refractivity contribution in [3.05, 3.63) is 16.9 Å². The Hall–Kier alpha value is -0.620. The molecule has 21 heavy (non-hydrogen) atoms. The number of aromatic nitrogens is 2.